The van der Waals surface area contributed by atoms with E-state index in [-0.39, 0.29) is 5.75 Å². The minimum atomic E-state index is -3.53. The van der Waals surface area contributed by atoms with Crippen LogP contribution in [0.2, 0.25) is 0 Å². The molecule has 104 valence electrons. The van der Waals surface area contributed by atoms with Crippen LogP contribution in [0.4, 0.5) is 8.78 Å². The van der Waals surface area contributed by atoms with E-state index in [0.717, 1.165) is 17.3 Å². The van der Waals surface area contributed by atoms with E-state index in [9.17, 15) is 17.2 Å². The van der Waals surface area contributed by atoms with Crippen molar-refractivity contribution >= 4 is 10.0 Å². The molecule has 0 aliphatic carbocycles. The molecular weight excluding hydrogens is 250 g/mol. The van der Waals surface area contributed by atoms with Crippen LogP contribution in [0, 0.1) is 0 Å². The van der Waals surface area contributed by atoms with Crippen LogP contribution in [0.3, 0.4) is 0 Å². The van der Waals surface area contributed by atoms with Crippen molar-refractivity contribution in [3.8, 4) is 0 Å². The van der Waals surface area contributed by atoms with E-state index in [1.807, 2.05) is 13.8 Å². The third kappa shape index (κ3) is 8.45. The van der Waals surface area contributed by atoms with Gasteiger partial charge in [-0.05, 0) is 19.4 Å². The van der Waals surface area contributed by atoms with Crippen LogP contribution < -0.4 is 5.32 Å². The fourth-order valence-corrected chi connectivity index (χ4v) is 2.48. The lowest BCUT2D eigenvalue weighted by Gasteiger charge is -2.16. The van der Waals surface area contributed by atoms with Crippen molar-refractivity contribution in [3.05, 3.63) is 0 Å². The molecule has 0 radical (unpaired) electrons. The molecule has 0 heterocycles. The van der Waals surface area contributed by atoms with Crippen LogP contribution in [-0.2, 0) is 10.0 Å². The van der Waals surface area contributed by atoms with Gasteiger partial charge in [-0.3, -0.25) is 0 Å². The van der Waals surface area contributed by atoms with Crippen molar-refractivity contribution in [2.24, 2.45) is 0 Å². The summed E-state index contributed by atoms with van der Waals surface area (Å²) in [4.78, 5) is 0. The molecule has 0 bridgehead atoms. The van der Waals surface area contributed by atoms with Crippen molar-refractivity contribution in [1.29, 1.82) is 0 Å². The summed E-state index contributed by atoms with van der Waals surface area (Å²) in [6.45, 7) is 4.03. The Labute approximate surface area is 102 Å². The van der Waals surface area contributed by atoms with E-state index < -0.39 is 23.0 Å². The van der Waals surface area contributed by atoms with E-state index in [2.05, 4.69) is 5.32 Å². The van der Waals surface area contributed by atoms with Crippen molar-refractivity contribution in [1.82, 2.24) is 9.62 Å². The summed E-state index contributed by atoms with van der Waals surface area (Å²) in [5.74, 6) is -0.0734. The van der Waals surface area contributed by atoms with E-state index in [1.165, 1.54) is 7.05 Å². The number of hydrogen-bond acceptors (Lipinski definition) is 3. The summed E-state index contributed by atoms with van der Waals surface area (Å²) < 4.78 is 47.9. The Hall–Kier alpha value is -0.270. The molecule has 0 unspecified atom stereocenters. The van der Waals surface area contributed by atoms with Crippen LogP contribution in [0.25, 0.3) is 0 Å². The number of rotatable bonds is 9. The van der Waals surface area contributed by atoms with Crippen molar-refractivity contribution < 1.29 is 17.2 Å². The van der Waals surface area contributed by atoms with Gasteiger partial charge in [0.15, 0.2) is 0 Å². The molecule has 0 saturated carbocycles. The highest BCUT2D eigenvalue weighted by molar-refractivity contribution is 7.89. The van der Waals surface area contributed by atoms with E-state index in [0.29, 0.717) is 12.5 Å². The normalized spacial score (nSPS) is 12.9. The lowest BCUT2D eigenvalue weighted by molar-refractivity contribution is 0.126. The summed E-state index contributed by atoms with van der Waals surface area (Å²) in [5.41, 5.74) is 0. The first-order valence-electron chi connectivity index (χ1n) is 5.71. The molecule has 0 aromatic rings. The van der Waals surface area contributed by atoms with Crippen molar-refractivity contribution in [2.75, 3.05) is 25.9 Å². The zero-order valence-corrected chi connectivity index (χ0v) is 11.4. The highest BCUT2D eigenvalue weighted by Crippen LogP contribution is 2.05. The van der Waals surface area contributed by atoms with Gasteiger partial charge in [0, 0.05) is 13.1 Å². The maximum atomic E-state index is 12.0. The molecule has 0 spiro atoms. The highest BCUT2D eigenvalue weighted by atomic mass is 32.2. The molecule has 7 heteroatoms. The number of sulfonamides is 1. The molecular formula is C10H22F2N2O2S. The van der Waals surface area contributed by atoms with Crippen molar-refractivity contribution in [3.63, 3.8) is 0 Å². The molecule has 4 nitrogen and oxygen atoms in total. The molecule has 0 aromatic carbocycles. The SMILES string of the molecule is CC(C)NCCCCS(=O)(=O)N(C)CC(F)F. The third-order valence-corrected chi connectivity index (χ3v) is 4.16. The molecule has 17 heavy (non-hydrogen) atoms. The highest BCUT2D eigenvalue weighted by Gasteiger charge is 2.20. The molecule has 0 aliphatic heterocycles. The van der Waals surface area contributed by atoms with Gasteiger partial charge >= 0.3 is 0 Å². The van der Waals surface area contributed by atoms with E-state index in [4.69, 9.17) is 0 Å². The summed E-state index contributed by atoms with van der Waals surface area (Å²) in [5, 5.41) is 3.16. The van der Waals surface area contributed by atoms with Crippen LogP contribution >= 0.6 is 0 Å². The zero-order chi connectivity index (χ0) is 13.5. The first-order chi connectivity index (χ1) is 7.75. The average molecular weight is 272 g/mol. The summed E-state index contributed by atoms with van der Waals surface area (Å²) >= 11 is 0. The third-order valence-electron chi connectivity index (χ3n) is 2.25. The predicted molar refractivity (Wildman–Crippen MR) is 64.8 cm³/mol. The van der Waals surface area contributed by atoms with Gasteiger partial charge in [-0.2, -0.15) is 4.31 Å². The molecule has 0 atom stereocenters. The zero-order valence-electron chi connectivity index (χ0n) is 10.6. The first kappa shape index (κ1) is 16.7. The summed E-state index contributed by atoms with van der Waals surface area (Å²) in [7, 11) is -2.34. The Bertz CT molecular complexity index is 295. The van der Waals surface area contributed by atoms with Gasteiger partial charge in [0.05, 0.1) is 12.3 Å². The maximum absolute atomic E-state index is 12.0. The van der Waals surface area contributed by atoms with Gasteiger partial charge < -0.3 is 5.32 Å². The molecule has 0 saturated heterocycles. The largest absolute Gasteiger partial charge is 0.315 e. The van der Waals surface area contributed by atoms with Gasteiger partial charge in [0.2, 0.25) is 10.0 Å². The fourth-order valence-electron chi connectivity index (χ4n) is 1.26. The van der Waals surface area contributed by atoms with Gasteiger partial charge in [-0.25, -0.2) is 17.2 Å². The lowest BCUT2D eigenvalue weighted by atomic mass is 10.3. The fraction of sp³-hybridized carbons (Fsp3) is 1.00. The van der Waals surface area contributed by atoms with Crippen LogP contribution in [-0.4, -0.2) is 51.1 Å². The minimum absolute atomic E-state index is 0.0734. The Morgan fingerprint density at radius 1 is 1.24 bits per heavy atom. The smallest absolute Gasteiger partial charge is 0.252 e. The summed E-state index contributed by atoms with van der Waals surface area (Å²) in [6, 6.07) is 0.369. The van der Waals surface area contributed by atoms with Crippen LogP contribution in [0.5, 0.6) is 0 Å². The molecule has 0 amide bonds. The second-order valence-electron chi connectivity index (χ2n) is 4.30. The average Bonchev–Trinajstić information content (AvgIpc) is 2.15. The van der Waals surface area contributed by atoms with Crippen molar-refractivity contribution in [2.45, 2.75) is 39.2 Å². The predicted octanol–water partition coefficient (Wildman–Crippen LogP) is 1.29. The number of unbranched alkanes of at least 4 members (excludes halogenated alkanes) is 1. The molecule has 1 N–H and O–H groups in total. The minimum Gasteiger partial charge on any atom is -0.315 e. The summed E-state index contributed by atoms with van der Waals surface area (Å²) in [6.07, 6.45) is -1.42. The Kier molecular flexibility index (Phi) is 7.82. The topological polar surface area (TPSA) is 49.4 Å². The standard InChI is InChI=1S/C10H22F2N2O2S/c1-9(2)13-6-4-5-7-17(15,16)14(3)8-10(11)12/h9-10,13H,4-8H2,1-3H3. The molecule has 0 aromatic heterocycles. The molecule has 0 aliphatic rings. The quantitative estimate of drug-likeness (QED) is 0.644. The Morgan fingerprint density at radius 2 is 1.82 bits per heavy atom. The lowest BCUT2D eigenvalue weighted by Crippen LogP contribution is -2.33. The molecule has 0 rings (SSSR count). The number of hydrogen-bond donors (Lipinski definition) is 1. The molecule has 0 fully saturated rings. The van der Waals surface area contributed by atoms with Gasteiger partial charge in [-0.15, -0.1) is 0 Å². The number of nitrogens with zero attached hydrogens (tertiary/aromatic N) is 1. The second-order valence-corrected chi connectivity index (χ2v) is 6.50. The first-order valence-corrected chi connectivity index (χ1v) is 7.32. The number of halogens is 2. The van der Waals surface area contributed by atoms with Crippen LogP contribution in [0.15, 0.2) is 0 Å². The Balaban J connectivity index is 3.86. The number of alkyl halides is 2. The Morgan fingerprint density at radius 3 is 2.29 bits per heavy atom. The van der Waals surface area contributed by atoms with Gasteiger partial charge in [0.25, 0.3) is 6.43 Å². The second kappa shape index (κ2) is 7.94. The van der Waals surface area contributed by atoms with Crippen LogP contribution in [0.1, 0.15) is 26.7 Å². The maximum Gasteiger partial charge on any atom is 0.252 e. The van der Waals surface area contributed by atoms with Gasteiger partial charge in [0.1, 0.15) is 0 Å². The number of nitrogens with one attached hydrogen (secondary N) is 1. The van der Waals surface area contributed by atoms with E-state index in [1.54, 1.807) is 0 Å². The monoisotopic (exact) mass is 272 g/mol. The van der Waals surface area contributed by atoms with Gasteiger partial charge in [-0.1, -0.05) is 13.8 Å². The van der Waals surface area contributed by atoms with E-state index >= 15 is 0 Å².